The summed E-state index contributed by atoms with van der Waals surface area (Å²) in [7, 11) is 0. The van der Waals surface area contributed by atoms with Crippen LogP contribution in [0.15, 0.2) is 23.2 Å². The molecule has 2 rings (SSSR count). The molecule has 1 N–H and O–H groups in total. The monoisotopic (exact) mass is 217 g/mol. The third-order valence-corrected chi connectivity index (χ3v) is 3.11. The van der Waals surface area contributed by atoms with E-state index in [4.69, 9.17) is 0 Å². The molecule has 0 bridgehead atoms. The van der Waals surface area contributed by atoms with Crippen molar-refractivity contribution in [1.29, 1.82) is 0 Å². The van der Waals surface area contributed by atoms with E-state index in [-0.39, 0.29) is 5.75 Å². The predicted octanol–water partition coefficient (Wildman–Crippen LogP) is 1.92. The van der Waals surface area contributed by atoms with Crippen LogP contribution in [0.2, 0.25) is 0 Å². The second kappa shape index (κ2) is 3.91. The van der Waals surface area contributed by atoms with Crippen molar-refractivity contribution >= 4 is 12.4 Å². The van der Waals surface area contributed by atoms with E-state index < -0.39 is 5.54 Å². The van der Waals surface area contributed by atoms with Crippen LogP contribution >= 0.6 is 0 Å². The Morgan fingerprint density at radius 1 is 1.44 bits per heavy atom. The number of benzene rings is 1. The summed E-state index contributed by atoms with van der Waals surface area (Å²) >= 11 is 0. The zero-order valence-electron chi connectivity index (χ0n) is 8.64. The maximum absolute atomic E-state index is 10.9. The average Bonchev–Trinajstić information content (AvgIpc) is 2.23. The van der Waals surface area contributed by atoms with Crippen molar-refractivity contribution in [2.24, 2.45) is 4.99 Å². The van der Waals surface area contributed by atoms with Crippen molar-refractivity contribution in [3.8, 4) is 5.75 Å². The lowest BCUT2D eigenvalue weighted by Gasteiger charge is -2.37. The van der Waals surface area contributed by atoms with Gasteiger partial charge in [0.05, 0.1) is 5.54 Å². The van der Waals surface area contributed by atoms with Crippen LogP contribution in [0.3, 0.4) is 0 Å². The molecular formula is C12H11NO3. The first-order valence-corrected chi connectivity index (χ1v) is 5.09. The Kier molecular flexibility index (Phi) is 2.59. The topological polar surface area (TPSA) is 66.7 Å². The van der Waals surface area contributed by atoms with E-state index in [1.807, 2.05) is 0 Å². The lowest BCUT2D eigenvalue weighted by atomic mass is 9.71. The first-order valence-electron chi connectivity index (χ1n) is 5.09. The van der Waals surface area contributed by atoms with Crippen molar-refractivity contribution in [2.75, 3.05) is 0 Å². The summed E-state index contributed by atoms with van der Waals surface area (Å²) in [6, 6.07) is 4.49. The number of rotatable bonds is 3. The minimum atomic E-state index is -0.642. The lowest BCUT2D eigenvalue weighted by Crippen LogP contribution is -2.33. The van der Waals surface area contributed by atoms with Crippen LogP contribution in [0.1, 0.15) is 35.2 Å². The predicted molar refractivity (Wildman–Crippen MR) is 57.1 cm³/mol. The van der Waals surface area contributed by atoms with Crippen LogP contribution in [-0.4, -0.2) is 17.5 Å². The van der Waals surface area contributed by atoms with Gasteiger partial charge in [0.2, 0.25) is 6.08 Å². The molecule has 0 saturated heterocycles. The van der Waals surface area contributed by atoms with Gasteiger partial charge < -0.3 is 5.11 Å². The number of carbonyl (C=O) groups excluding carboxylic acids is 2. The van der Waals surface area contributed by atoms with Gasteiger partial charge in [0.15, 0.2) is 0 Å². The molecule has 4 nitrogen and oxygen atoms in total. The van der Waals surface area contributed by atoms with Gasteiger partial charge in [-0.3, -0.25) is 4.79 Å². The third kappa shape index (κ3) is 1.53. The molecule has 16 heavy (non-hydrogen) atoms. The zero-order chi connectivity index (χ0) is 11.6. The van der Waals surface area contributed by atoms with E-state index in [1.165, 1.54) is 18.2 Å². The fourth-order valence-corrected chi connectivity index (χ4v) is 2.09. The maximum atomic E-state index is 10.9. The smallest absolute Gasteiger partial charge is 0.235 e. The van der Waals surface area contributed by atoms with E-state index in [0.717, 1.165) is 12.7 Å². The van der Waals surface area contributed by atoms with Gasteiger partial charge in [-0.25, -0.2) is 4.79 Å². The third-order valence-electron chi connectivity index (χ3n) is 3.11. The number of phenolic OH excluding ortho intramolecular Hbond substituents is 1. The largest absolute Gasteiger partial charge is 0.508 e. The summed E-state index contributed by atoms with van der Waals surface area (Å²) < 4.78 is 0. The van der Waals surface area contributed by atoms with E-state index in [0.29, 0.717) is 24.0 Å². The molecule has 0 unspecified atom stereocenters. The highest BCUT2D eigenvalue weighted by Gasteiger charge is 2.40. The Morgan fingerprint density at radius 3 is 2.69 bits per heavy atom. The van der Waals surface area contributed by atoms with E-state index in [9.17, 15) is 14.7 Å². The van der Waals surface area contributed by atoms with Crippen LogP contribution < -0.4 is 0 Å². The highest BCUT2D eigenvalue weighted by molar-refractivity contribution is 5.78. The second-order valence-corrected chi connectivity index (χ2v) is 3.98. The maximum Gasteiger partial charge on any atom is 0.235 e. The Labute approximate surface area is 92.6 Å². The molecule has 4 heteroatoms. The van der Waals surface area contributed by atoms with Gasteiger partial charge in [-0.2, -0.15) is 4.99 Å². The number of isocyanates is 1. The molecule has 0 aromatic heterocycles. The van der Waals surface area contributed by atoms with Crippen molar-refractivity contribution < 1.29 is 14.7 Å². The molecule has 0 amide bonds. The number of phenols is 1. The molecule has 82 valence electrons. The van der Waals surface area contributed by atoms with Gasteiger partial charge in [-0.05, 0) is 43.0 Å². The number of nitrogens with zero attached hydrogens (tertiary/aromatic N) is 1. The summed E-state index contributed by atoms with van der Waals surface area (Å²) in [6.07, 6.45) is 4.66. The fraction of sp³-hybridized carbons (Fsp3) is 0.333. The van der Waals surface area contributed by atoms with Crippen molar-refractivity contribution in [3.63, 3.8) is 0 Å². The summed E-state index contributed by atoms with van der Waals surface area (Å²) in [5, 5.41) is 9.43. The molecule has 1 aliphatic carbocycles. The molecule has 1 fully saturated rings. The average molecular weight is 217 g/mol. The highest BCUT2D eigenvalue weighted by atomic mass is 16.3. The van der Waals surface area contributed by atoms with Gasteiger partial charge in [0.1, 0.15) is 12.0 Å². The van der Waals surface area contributed by atoms with Crippen LogP contribution in [0.4, 0.5) is 0 Å². The summed E-state index contributed by atoms with van der Waals surface area (Å²) in [4.78, 5) is 25.1. The number of carbonyl (C=O) groups is 1. The Morgan fingerprint density at radius 2 is 2.19 bits per heavy atom. The van der Waals surface area contributed by atoms with Crippen molar-refractivity contribution in [3.05, 3.63) is 29.3 Å². The number of hydrogen-bond donors (Lipinski definition) is 1. The molecule has 0 spiro atoms. The summed E-state index contributed by atoms with van der Waals surface area (Å²) in [5.74, 6) is 0.0768. The van der Waals surface area contributed by atoms with Crippen LogP contribution in [-0.2, 0) is 10.3 Å². The standard InChI is InChI=1S/C12H11NO3/c14-7-9-2-3-10(16)6-11(9)12(13-8-15)4-1-5-12/h2-3,6-7,16H,1,4-5H2. The van der Waals surface area contributed by atoms with Crippen molar-refractivity contribution in [1.82, 2.24) is 0 Å². The number of aromatic hydroxyl groups is 1. The van der Waals surface area contributed by atoms with E-state index >= 15 is 0 Å². The van der Waals surface area contributed by atoms with Crippen LogP contribution in [0.25, 0.3) is 0 Å². The van der Waals surface area contributed by atoms with Gasteiger partial charge >= 0.3 is 0 Å². The molecule has 1 aromatic rings. The van der Waals surface area contributed by atoms with Crippen molar-refractivity contribution in [2.45, 2.75) is 24.8 Å². The minimum absolute atomic E-state index is 0.0768. The molecule has 0 heterocycles. The van der Waals surface area contributed by atoms with Gasteiger partial charge in [0.25, 0.3) is 0 Å². The van der Waals surface area contributed by atoms with Crippen LogP contribution in [0.5, 0.6) is 5.75 Å². The number of aldehydes is 1. The fourth-order valence-electron chi connectivity index (χ4n) is 2.09. The number of hydrogen-bond acceptors (Lipinski definition) is 4. The Hall–Kier alpha value is -1.93. The highest BCUT2D eigenvalue weighted by Crippen LogP contribution is 2.46. The van der Waals surface area contributed by atoms with E-state index in [1.54, 1.807) is 6.08 Å². The molecule has 1 aliphatic rings. The molecule has 0 aliphatic heterocycles. The second-order valence-electron chi connectivity index (χ2n) is 3.98. The zero-order valence-corrected chi connectivity index (χ0v) is 8.64. The molecule has 0 atom stereocenters. The SMILES string of the molecule is O=C=NC1(c2cc(O)ccc2C=O)CCC1. The van der Waals surface area contributed by atoms with Gasteiger partial charge in [0, 0.05) is 5.56 Å². The molecular weight excluding hydrogens is 206 g/mol. The minimum Gasteiger partial charge on any atom is -0.508 e. The molecule has 1 aromatic carbocycles. The Bertz CT molecular complexity index is 471. The quantitative estimate of drug-likeness (QED) is 0.478. The van der Waals surface area contributed by atoms with E-state index in [2.05, 4.69) is 4.99 Å². The lowest BCUT2D eigenvalue weighted by molar-refractivity contribution is 0.111. The first kappa shape index (κ1) is 10.6. The molecule has 0 radical (unpaired) electrons. The summed E-state index contributed by atoms with van der Waals surface area (Å²) in [6.45, 7) is 0. The first-order chi connectivity index (χ1) is 7.72. The number of aliphatic imine (C=N–C) groups is 1. The van der Waals surface area contributed by atoms with Gasteiger partial charge in [-0.15, -0.1) is 0 Å². The normalized spacial score (nSPS) is 17.0. The Balaban J connectivity index is 2.56. The van der Waals surface area contributed by atoms with Gasteiger partial charge in [-0.1, -0.05) is 0 Å². The molecule has 1 saturated carbocycles. The summed E-state index contributed by atoms with van der Waals surface area (Å²) in [5.41, 5.74) is 0.449. The van der Waals surface area contributed by atoms with Crippen LogP contribution in [0, 0.1) is 0 Å².